The molecule has 0 saturated heterocycles. The van der Waals surface area contributed by atoms with Crippen LogP contribution in [0.2, 0.25) is 0 Å². The Kier molecular flexibility index (Phi) is 8.71. The Morgan fingerprint density at radius 1 is 1.07 bits per heavy atom. The molecule has 0 aliphatic carbocycles. The van der Waals surface area contributed by atoms with E-state index in [2.05, 4.69) is 55.7 Å². The topological polar surface area (TPSA) is 88.7 Å². The van der Waals surface area contributed by atoms with Crippen LogP contribution in [0.1, 0.15) is 44.4 Å². The Morgan fingerprint density at radius 3 is 2.43 bits per heavy atom. The number of ether oxygens (including phenoxy) is 1. The first kappa shape index (κ1) is 23.3. The first-order valence-corrected chi connectivity index (χ1v) is 10.5. The highest BCUT2D eigenvalue weighted by Gasteiger charge is 2.20. The number of aliphatic imine (C=N–C) groups is 1. The summed E-state index contributed by atoms with van der Waals surface area (Å²) >= 11 is 0. The van der Waals surface area contributed by atoms with Crippen molar-refractivity contribution in [3.63, 3.8) is 0 Å². The Morgan fingerprint density at radius 2 is 1.80 bits per heavy atom. The van der Waals surface area contributed by atoms with E-state index in [-0.39, 0.29) is 12.0 Å². The zero-order valence-corrected chi connectivity index (χ0v) is 18.5. The van der Waals surface area contributed by atoms with Gasteiger partial charge in [-0.1, -0.05) is 57.2 Å². The average molecular weight is 411 g/mol. The highest BCUT2D eigenvalue weighted by Crippen LogP contribution is 2.23. The molecular weight excluding hydrogens is 376 g/mol. The largest absolute Gasteiger partial charge is 0.484 e. The molecule has 0 saturated carbocycles. The molecule has 0 bridgehead atoms. The van der Waals surface area contributed by atoms with E-state index in [1.165, 1.54) is 11.1 Å². The molecule has 162 valence electrons. The smallest absolute Gasteiger partial charge is 0.255 e. The predicted molar refractivity (Wildman–Crippen MR) is 123 cm³/mol. The second kappa shape index (κ2) is 11.2. The maximum atomic E-state index is 10.9. The molecule has 2 aromatic carbocycles. The van der Waals surface area contributed by atoms with Gasteiger partial charge in [-0.2, -0.15) is 0 Å². The van der Waals surface area contributed by atoms with E-state index in [1.54, 1.807) is 6.07 Å². The second-order valence-electron chi connectivity index (χ2n) is 7.89. The van der Waals surface area contributed by atoms with Gasteiger partial charge in [-0.3, -0.25) is 4.79 Å². The predicted octanol–water partition coefficient (Wildman–Crippen LogP) is 3.15. The summed E-state index contributed by atoms with van der Waals surface area (Å²) in [5, 5.41) is 6.76. The molecule has 0 fully saturated rings. The monoisotopic (exact) mass is 410 g/mol. The van der Waals surface area contributed by atoms with Crippen LogP contribution < -0.4 is 21.1 Å². The molecule has 0 aliphatic heterocycles. The maximum absolute atomic E-state index is 10.9. The van der Waals surface area contributed by atoms with Gasteiger partial charge < -0.3 is 21.1 Å². The molecule has 0 aromatic heterocycles. The SMILES string of the molecule is CCNC(=NCc1cccc(OCC(N)=O)c1)NCC(C)(C)c1ccc(CC)cc1. The van der Waals surface area contributed by atoms with Crippen LogP contribution in [0.5, 0.6) is 5.75 Å². The summed E-state index contributed by atoms with van der Waals surface area (Å²) in [4.78, 5) is 15.6. The molecule has 0 atom stereocenters. The minimum atomic E-state index is -0.496. The van der Waals surface area contributed by atoms with E-state index >= 15 is 0 Å². The van der Waals surface area contributed by atoms with Gasteiger partial charge in [0.1, 0.15) is 5.75 Å². The fourth-order valence-electron chi connectivity index (χ4n) is 3.00. The van der Waals surface area contributed by atoms with E-state index in [9.17, 15) is 4.79 Å². The van der Waals surface area contributed by atoms with E-state index in [0.717, 1.165) is 31.0 Å². The normalized spacial score (nSPS) is 11.8. The van der Waals surface area contributed by atoms with Crippen LogP contribution in [0.4, 0.5) is 0 Å². The highest BCUT2D eigenvalue weighted by molar-refractivity contribution is 5.79. The first-order valence-electron chi connectivity index (χ1n) is 10.5. The molecule has 0 aliphatic rings. The van der Waals surface area contributed by atoms with Crippen molar-refractivity contribution in [1.29, 1.82) is 0 Å². The minimum Gasteiger partial charge on any atom is -0.484 e. The zero-order chi connectivity index (χ0) is 22.0. The number of amides is 1. The molecule has 0 spiro atoms. The molecular formula is C24H34N4O2. The number of guanidine groups is 1. The van der Waals surface area contributed by atoms with Crippen LogP contribution in [0.3, 0.4) is 0 Å². The Balaban J connectivity index is 2.01. The minimum absolute atomic E-state index is 0.0367. The third kappa shape index (κ3) is 7.43. The lowest BCUT2D eigenvalue weighted by Gasteiger charge is -2.27. The number of hydrogen-bond donors (Lipinski definition) is 3. The van der Waals surface area contributed by atoms with Crippen molar-refractivity contribution in [3.05, 3.63) is 65.2 Å². The number of nitrogens with zero attached hydrogens (tertiary/aromatic N) is 1. The maximum Gasteiger partial charge on any atom is 0.255 e. The summed E-state index contributed by atoms with van der Waals surface area (Å²) in [7, 11) is 0. The lowest BCUT2D eigenvalue weighted by atomic mass is 9.84. The molecule has 2 rings (SSSR count). The van der Waals surface area contributed by atoms with Gasteiger partial charge in [0.05, 0.1) is 6.54 Å². The highest BCUT2D eigenvalue weighted by atomic mass is 16.5. The number of rotatable bonds is 10. The van der Waals surface area contributed by atoms with Crippen LogP contribution in [0.15, 0.2) is 53.5 Å². The van der Waals surface area contributed by atoms with Crippen LogP contribution in [-0.2, 0) is 23.2 Å². The number of hydrogen-bond acceptors (Lipinski definition) is 3. The number of carbonyl (C=O) groups excluding carboxylic acids is 1. The van der Waals surface area contributed by atoms with Gasteiger partial charge in [0.15, 0.2) is 12.6 Å². The van der Waals surface area contributed by atoms with E-state index in [1.807, 2.05) is 25.1 Å². The summed E-state index contributed by atoms with van der Waals surface area (Å²) in [6, 6.07) is 16.3. The van der Waals surface area contributed by atoms with Crippen molar-refractivity contribution >= 4 is 11.9 Å². The average Bonchev–Trinajstić information content (AvgIpc) is 2.74. The quantitative estimate of drug-likeness (QED) is 0.415. The zero-order valence-electron chi connectivity index (χ0n) is 18.5. The van der Waals surface area contributed by atoms with Crippen LogP contribution in [-0.4, -0.2) is 31.6 Å². The lowest BCUT2D eigenvalue weighted by molar-refractivity contribution is -0.119. The van der Waals surface area contributed by atoms with Crippen LogP contribution in [0, 0.1) is 0 Å². The Labute approximate surface area is 179 Å². The number of primary amides is 1. The van der Waals surface area contributed by atoms with Crippen LogP contribution in [0.25, 0.3) is 0 Å². The van der Waals surface area contributed by atoms with Crippen molar-refractivity contribution < 1.29 is 9.53 Å². The fourth-order valence-corrected chi connectivity index (χ4v) is 3.00. The van der Waals surface area contributed by atoms with Crippen LogP contribution >= 0.6 is 0 Å². The molecule has 2 aromatic rings. The van der Waals surface area contributed by atoms with Crippen molar-refractivity contribution in [2.75, 3.05) is 19.7 Å². The third-order valence-corrected chi connectivity index (χ3v) is 4.88. The first-order chi connectivity index (χ1) is 14.3. The standard InChI is InChI=1S/C24H34N4O2/c1-5-18-10-12-20(13-11-18)24(3,4)17-28-23(26-6-2)27-15-19-8-7-9-21(14-19)30-16-22(25)29/h7-14H,5-6,15-17H2,1-4H3,(H2,25,29)(H2,26,27,28). The molecule has 0 radical (unpaired) electrons. The van der Waals surface area contributed by atoms with Crippen molar-refractivity contribution in [3.8, 4) is 5.75 Å². The van der Waals surface area contributed by atoms with Gasteiger partial charge in [0, 0.05) is 18.5 Å². The van der Waals surface area contributed by atoms with Crippen molar-refractivity contribution in [2.45, 2.75) is 46.1 Å². The van der Waals surface area contributed by atoms with Gasteiger partial charge >= 0.3 is 0 Å². The molecule has 0 heterocycles. The van der Waals surface area contributed by atoms with Gasteiger partial charge in [0.25, 0.3) is 5.91 Å². The molecule has 6 heteroatoms. The number of nitrogens with one attached hydrogen (secondary N) is 2. The number of benzene rings is 2. The number of nitrogens with two attached hydrogens (primary N) is 1. The van der Waals surface area contributed by atoms with Gasteiger partial charge in [-0.05, 0) is 42.2 Å². The van der Waals surface area contributed by atoms with Crippen molar-refractivity contribution in [2.24, 2.45) is 10.7 Å². The van der Waals surface area contributed by atoms with Crippen molar-refractivity contribution in [1.82, 2.24) is 10.6 Å². The Bertz CT molecular complexity index is 845. The van der Waals surface area contributed by atoms with Gasteiger partial charge in [-0.25, -0.2) is 4.99 Å². The number of aryl methyl sites for hydroxylation is 1. The molecule has 6 nitrogen and oxygen atoms in total. The second-order valence-corrected chi connectivity index (χ2v) is 7.89. The van der Waals surface area contributed by atoms with Gasteiger partial charge in [-0.15, -0.1) is 0 Å². The lowest BCUT2D eigenvalue weighted by Crippen LogP contribution is -2.43. The van der Waals surface area contributed by atoms with E-state index in [0.29, 0.717) is 12.3 Å². The summed E-state index contributed by atoms with van der Waals surface area (Å²) in [6.45, 7) is 10.6. The van der Waals surface area contributed by atoms with E-state index < -0.39 is 5.91 Å². The molecule has 4 N–H and O–H groups in total. The summed E-state index contributed by atoms with van der Waals surface area (Å²) in [5.74, 6) is 0.874. The van der Waals surface area contributed by atoms with E-state index in [4.69, 9.17) is 15.5 Å². The number of carbonyl (C=O) groups is 1. The molecule has 30 heavy (non-hydrogen) atoms. The molecule has 0 unspecified atom stereocenters. The summed E-state index contributed by atoms with van der Waals surface area (Å²) < 4.78 is 5.37. The third-order valence-electron chi connectivity index (χ3n) is 4.88. The summed E-state index contributed by atoms with van der Waals surface area (Å²) in [6.07, 6.45) is 1.05. The Hall–Kier alpha value is -3.02. The van der Waals surface area contributed by atoms with Gasteiger partial charge in [0.2, 0.25) is 0 Å². The molecule has 1 amide bonds. The summed E-state index contributed by atoms with van der Waals surface area (Å²) in [5.41, 5.74) is 8.73. The fraction of sp³-hybridized carbons (Fsp3) is 0.417.